The van der Waals surface area contributed by atoms with Crippen LogP contribution in [0.3, 0.4) is 0 Å². The molecule has 3 fully saturated rings. The minimum atomic E-state index is -0.298. The molecule has 2 unspecified atom stereocenters. The van der Waals surface area contributed by atoms with Crippen molar-refractivity contribution in [2.75, 3.05) is 30.0 Å². The number of nitrogens with one attached hydrogen (secondary N) is 2. The van der Waals surface area contributed by atoms with Crippen LogP contribution in [0.25, 0.3) is 22.8 Å². The van der Waals surface area contributed by atoms with Crippen LogP contribution in [0.2, 0.25) is 0 Å². The minimum absolute atomic E-state index is 0.0433. The highest BCUT2D eigenvalue weighted by atomic mass is 16.5. The summed E-state index contributed by atoms with van der Waals surface area (Å²) in [6, 6.07) is 10.9. The predicted octanol–water partition coefficient (Wildman–Crippen LogP) is 4.92. The Morgan fingerprint density at radius 1 is 1.07 bits per heavy atom. The Labute approximate surface area is 252 Å². The summed E-state index contributed by atoms with van der Waals surface area (Å²) in [5.41, 5.74) is 2.47. The Kier molecular flexibility index (Phi) is 7.67. The lowest BCUT2D eigenvalue weighted by atomic mass is 9.80. The van der Waals surface area contributed by atoms with E-state index in [0.717, 1.165) is 36.3 Å². The number of rotatable bonds is 8. The first kappa shape index (κ1) is 28.1. The van der Waals surface area contributed by atoms with Crippen LogP contribution in [-0.2, 0) is 18.3 Å². The van der Waals surface area contributed by atoms with Crippen LogP contribution >= 0.6 is 0 Å². The summed E-state index contributed by atoms with van der Waals surface area (Å²) < 4.78 is 9.68. The molecule has 2 aliphatic carbocycles. The molecule has 0 amide bonds. The zero-order chi connectivity index (χ0) is 29.5. The SMILES string of the molecule is CC1CCC(Cn2c(N3CCOCC3c3ccccc3)nc3nc(-c4nn(C)c(=O)[nH]4)nc(NC(C)C4CCC4)c32)CC1. The van der Waals surface area contributed by atoms with Crippen molar-refractivity contribution in [2.24, 2.45) is 24.8 Å². The molecule has 43 heavy (non-hydrogen) atoms. The molecule has 1 saturated heterocycles. The van der Waals surface area contributed by atoms with Crippen LogP contribution in [0.5, 0.6) is 0 Å². The lowest BCUT2D eigenvalue weighted by Crippen LogP contribution is -2.41. The standard InChI is InChI=1S/C32H43N9O2/c1-20-12-14-22(15-13-20)18-41-26-27(33-21(2)23-10-7-11-23)34-29(30-37-32(42)39(3)38-30)35-28(26)36-31(41)40-16-17-43-19-25(40)24-8-5-4-6-9-24/h4-6,8-9,20-23,25H,7,10-19H2,1-3H3,(H,33,34,35)(H,37,38,42). The molecule has 0 spiro atoms. The second-order valence-electron chi connectivity index (χ2n) is 12.9. The summed E-state index contributed by atoms with van der Waals surface area (Å²) in [6.07, 6.45) is 8.65. The summed E-state index contributed by atoms with van der Waals surface area (Å²) in [6.45, 7) is 7.46. The zero-order valence-corrected chi connectivity index (χ0v) is 25.5. The van der Waals surface area contributed by atoms with Crippen LogP contribution in [0.15, 0.2) is 35.1 Å². The number of imidazole rings is 1. The van der Waals surface area contributed by atoms with Crippen LogP contribution in [0.1, 0.15) is 70.4 Å². The van der Waals surface area contributed by atoms with Gasteiger partial charge in [0.1, 0.15) is 5.52 Å². The molecule has 2 saturated carbocycles. The van der Waals surface area contributed by atoms with Gasteiger partial charge in [-0.25, -0.2) is 19.4 Å². The summed E-state index contributed by atoms with van der Waals surface area (Å²) in [5, 5.41) is 8.16. The van der Waals surface area contributed by atoms with Gasteiger partial charge in [-0.1, -0.05) is 56.5 Å². The molecule has 1 aliphatic heterocycles. The molecule has 4 aromatic rings. The van der Waals surface area contributed by atoms with E-state index >= 15 is 0 Å². The van der Waals surface area contributed by atoms with Crippen molar-refractivity contribution < 1.29 is 4.74 Å². The lowest BCUT2D eigenvalue weighted by molar-refractivity contribution is 0.0927. The number of benzene rings is 1. The highest BCUT2D eigenvalue weighted by molar-refractivity contribution is 5.87. The largest absolute Gasteiger partial charge is 0.377 e. The Balaban J connectivity index is 1.39. The number of anilines is 2. The molecule has 228 valence electrons. The smallest absolute Gasteiger partial charge is 0.343 e. The van der Waals surface area contributed by atoms with Gasteiger partial charge in [-0.05, 0) is 55.9 Å². The van der Waals surface area contributed by atoms with Crippen molar-refractivity contribution in [1.29, 1.82) is 0 Å². The Bertz CT molecular complexity index is 1610. The molecule has 3 aromatic heterocycles. The van der Waals surface area contributed by atoms with Gasteiger partial charge in [-0.2, -0.15) is 4.98 Å². The van der Waals surface area contributed by atoms with Gasteiger partial charge in [0.25, 0.3) is 0 Å². The van der Waals surface area contributed by atoms with E-state index in [1.54, 1.807) is 7.05 Å². The van der Waals surface area contributed by atoms with Crippen LogP contribution in [0.4, 0.5) is 11.8 Å². The summed E-state index contributed by atoms with van der Waals surface area (Å²) in [7, 11) is 1.62. The van der Waals surface area contributed by atoms with Crippen molar-refractivity contribution in [3.05, 3.63) is 46.4 Å². The maximum absolute atomic E-state index is 12.3. The highest BCUT2D eigenvalue weighted by Crippen LogP contribution is 2.38. The third-order valence-corrected chi connectivity index (χ3v) is 9.93. The lowest BCUT2D eigenvalue weighted by Gasteiger charge is -2.37. The molecular formula is C32H43N9O2. The number of H-pyrrole nitrogens is 1. The van der Waals surface area contributed by atoms with E-state index in [2.05, 4.69) is 69.0 Å². The number of hydrogen-bond donors (Lipinski definition) is 2. The molecule has 4 heterocycles. The zero-order valence-electron chi connectivity index (χ0n) is 25.5. The third-order valence-electron chi connectivity index (χ3n) is 9.93. The molecule has 1 aromatic carbocycles. The summed E-state index contributed by atoms with van der Waals surface area (Å²) in [4.78, 5) is 32.7. The number of aryl methyl sites for hydroxylation is 1. The normalized spacial score (nSPS) is 23.8. The van der Waals surface area contributed by atoms with Crippen LogP contribution < -0.4 is 15.9 Å². The number of ether oxygens (including phenoxy) is 1. The van der Waals surface area contributed by atoms with Gasteiger partial charge < -0.3 is 19.5 Å². The first-order valence-corrected chi connectivity index (χ1v) is 16.0. The number of aromatic amines is 1. The van der Waals surface area contributed by atoms with Gasteiger partial charge in [-0.15, -0.1) is 5.10 Å². The van der Waals surface area contributed by atoms with Crippen LogP contribution in [-0.4, -0.2) is 60.1 Å². The number of morpholine rings is 1. The Morgan fingerprint density at radius 3 is 2.56 bits per heavy atom. The molecule has 0 radical (unpaired) electrons. The van der Waals surface area contributed by atoms with Gasteiger partial charge in [0, 0.05) is 26.2 Å². The molecule has 11 nitrogen and oxygen atoms in total. The molecule has 2 atom stereocenters. The van der Waals surface area contributed by atoms with Gasteiger partial charge in [0.15, 0.2) is 17.3 Å². The molecule has 7 rings (SSSR count). The van der Waals surface area contributed by atoms with Crippen LogP contribution in [0, 0.1) is 17.8 Å². The van der Waals surface area contributed by atoms with Crippen molar-refractivity contribution in [2.45, 2.75) is 77.4 Å². The first-order valence-electron chi connectivity index (χ1n) is 16.0. The van der Waals surface area contributed by atoms with E-state index in [0.29, 0.717) is 42.3 Å². The van der Waals surface area contributed by atoms with E-state index in [1.807, 2.05) is 0 Å². The Morgan fingerprint density at radius 2 is 1.86 bits per heavy atom. The first-order chi connectivity index (χ1) is 20.9. The molecule has 3 aliphatic rings. The quantitative estimate of drug-likeness (QED) is 0.299. The second-order valence-corrected chi connectivity index (χ2v) is 12.9. The number of nitrogens with zero attached hydrogens (tertiary/aromatic N) is 7. The third kappa shape index (κ3) is 5.55. The fraction of sp³-hybridized carbons (Fsp3) is 0.594. The van der Waals surface area contributed by atoms with E-state index in [-0.39, 0.29) is 17.8 Å². The average molecular weight is 586 g/mol. The van der Waals surface area contributed by atoms with Gasteiger partial charge >= 0.3 is 5.69 Å². The fourth-order valence-electron chi connectivity index (χ4n) is 6.96. The van der Waals surface area contributed by atoms with Crippen molar-refractivity contribution in [3.63, 3.8) is 0 Å². The molecule has 2 N–H and O–H groups in total. The number of aromatic nitrogens is 7. The van der Waals surface area contributed by atoms with E-state index < -0.39 is 0 Å². The second kappa shape index (κ2) is 11.7. The number of fused-ring (bicyclic) bond motifs is 1. The fourth-order valence-corrected chi connectivity index (χ4v) is 6.96. The van der Waals surface area contributed by atoms with Crippen molar-refractivity contribution in [3.8, 4) is 11.6 Å². The maximum Gasteiger partial charge on any atom is 0.343 e. The van der Waals surface area contributed by atoms with Gasteiger partial charge in [0.2, 0.25) is 11.8 Å². The van der Waals surface area contributed by atoms with E-state index in [1.165, 1.54) is 55.2 Å². The van der Waals surface area contributed by atoms with Gasteiger partial charge in [-0.3, -0.25) is 4.98 Å². The summed E-state index contributed by atoms with van der Waals surface area (Å²) >= 11 is 0. The average Bonchev–Trinajstić information content (AvgIpc) is 3.52. The summed E-state index contributed by atoms with van der Waals surface area (Å²) in [5.74, 6) is 4.35. The van der Waals surface area contributed by atoms with E-state index in [4.69, 9.17) is 19.7 Å². The highest BCUT2D eigenvalue weighted by Gasteiger charge is 2.33. The molecule has 11 heteroatoms. The predicted molar refractivity (Wildman–Crippen MR) is 167 cm³/mol. The van der Waals surface area contributed by atoms with Crippen molar-refractivity contribution in [1.82, 2.24) is 34.3 Å². The van der Waals surface area contributed by atoms with Gasteiger partial charge in [0.05, 0.1) is 19.3 Å². The molecule has 0 bridgehead atoms. The number of hydrogen-bond acceptors (Lipinski definition) is 8. The van der Waals surface area contributed by atoms with Crippen molar-refractivity contribution >= 4 is 22.9 Å². The maximum atomic E-state index is 12.3. The minimum Gasteiger partial charge on any atom is -0.377 e. The monoisotopic (exact) mass is 585 g/mol. The van der Waals surface area contributed by atoms with E-state index in [9.17, 15) is 4.79 Å². The Hall–Kier alpha value is -3.73. The topological polar surface area (TPSA) is 119 Å². The molecular weight excluding hydrogens is 542 g/mol.